The van der Waals surface area contributed by atoms with Gasteiger partial charge in [-0.05, 0) is 36.2 Å². The zero-order chi connectivity index (χ0) is 13.3. The van der Waals surface area contributed by atoms with E-state index >= 15 is 0 Å². The molecule has 2 rings (SSSR count). The summed E-state index contributed by atoms with van der Waals surface area (Å²) < 4.78 is 11.3. The zero-order valence-corrected chi connectivity index (χ0v) is 11.0. The van der Waals surface area contributed by atoms with Crippen molar-refractivity contribution in [3.63, 3.8) is 0 Å². The van der Waals surface area contributed by atoms with Crippen LogP contribution in [0.5, 0.6) is 11.5 Å². The zero-order valence-electron chi connectivity index (χ0n) is 11.0. The van der Waals surface area contributed by atoms with Crippen molar-refractivity contribution in [2.24, 2.45) is 0 Å². The third kappa shape index (κ3) is 4.66. The van der Waals surface area contributed by atoms with E-state index in [1.165, 1.54) is 0 Å². The summed E-state index contributed by atoms with van der Waals surface area (Å²) in [6.07, 6.45) is 1.89. The van der Waals surface area contributed by atoms with Gasteiger partial charge in [0.1, 0.15) is 18.1 Å². The number of benzene rings is 2. The van der Waals surface area contributed by atoms with Crippen molar-refractivity contribution in [3.05, 3.63) is 67.1 Å². The van der Waals surface area contributed by atoms with E-state index in [0.717, 1.165) is 36.5 Å². The third-order valence-corrected chi connectivity index (χ3v) is 2.74. The normalized spacial score (nSPS) is 10.2. The quantitative estimate of drug-likeness (QED) is 0.688. The third-order valence-electron chi connectivity index (χ3n) is 2.74. The van der Waals surface area contributed by atoms with Crippen LogP contribution in [0.25, 0.3) is 0 Å². The van der Waals surface area contributed by atoms with Gasteiger partial charge in [-0.25, -0.2) is 0 Å². The Morgan fingerprint density at radius 2 is 1.47 bits per heavy atom. The minimum atomic E-state index is 0.573. The van der Waals surface area contributed by atoms with Crippen LogP contribution in [0.15, 0.2) is 54.6 Å². The molecule has 0 heterocycles. The maximum atomic E-state index is 5.68. The second kappa shape index (κ2) is 7.47. The molecule has 0 saturated heterocycles. The van der Waals surface area contributed by atoms with Crippen molar-refractivity contribution in [3.8, 4) is 11.5 Å². The minimum Gasteiger partial charge on any atom is -0.494 e. The standard InChI is InChI=1S/C17H19O2/c1-2-3-13-18-17-11-9-15(10-12-17)14-19-16-7-5-4-6-8-16/h4-12H,1-3,13-14H2. The number of rotatable bonds is 7. The van der Waals surface area contributed by atoms with Gasteiger partial charge in [0.2, 0.25) is 0 Å². The fourth-order valence-corrected chi connectivity index (χ4v) is 1.66. The van der Waals surface area contributed by atoms with Crippen LogP contribution in [0.4, 0.5) is 0 Å². The maximum absolute atomic E-state index is 5.68. The van der Waals surface area contributed by atoms with Crippen LogP contribution in [0.3, 0.4) is 0 Å². The molecule has 0 aliphatic heterocycles. The molecule has 2 aromatic rings. The molecule has 0 spiro atoms. The molecular weight excluding hydrogens is 236 g/mol. The van der Waals surface area contributed by atoms with Gasteiger partial charge in [-0.15, -0.1) is 0 Å². The lowest BCUT2D eigenvalue weighted by molar-refractivity contribution is 0.303. The molecule has 0 aliphatic carbocycles. The van der Waals surface area contributed by atoms with Gasteiger partial charge in [0.25, 0.3) is 0 Å². The molecular formula is C17H19O2. The highest BCUT2D eigenvalue weighted by atomic mass is 16.5. The summed E-state index contributed by atoms with van der Waals surface area (Å²) in [7, 11) is 0. The van der Waals surface area contributed by atoms with Gasteiger partial charge < -0.3 is 9.47 Å². The predicted molar refractivity (Wildman–Crippen MR) is 77.3 cm³/mol. The van der Waals surface area contributed by atoms with Crippen LogP contribution in [-0.4, -0.2) is 6.61 Å². The lowest BCUT2D eigenvalue weighted by atomic mass is 10.2. The number of unbranched alkanes of at least 4 members (excludes halogenated alkanes) is 1. The monoisotopic (exact) mass is 255 g/mol. The van der Waals surface area contributed by atoms with E-state index < -0.39 is 0 Å². The molecule has 19 heavy (non-hydrogen) atoms. The van der Waals surface area contributed by atoms with Gasteiger partial charge in [-0.1, -0.05) is 43.7 Å². The van der Waals surface area contributed by atoms with Crippen LogP contribution in [0, 0.1) is 6.92 Å². The summed E-state index contributed by atoms with van der Waals surface area (Å²) in [6.45, 7) is 5.09. The Bertz CT molecular complexity index is 462. The summed E-state index contributed by atoms with van der Waals surface area (Å²) in [4.78, 5) is 0. The Morgan fingerprint density at radius 3 is 2.16 bits per heavy atom. The second-order valence-electron chi connectivity index (χ2n) is 4.30. The number of para-hydroxylation sites is 1. The first kappa shape index (κ1) is 13.5. The highest BCUT2D eigenvalue weighted by Crippen LogP contribution is 2.15. The maximum Gasteiger partial charge on any atom is 0.119 e. The number of hydrogen-bond acceptors (Lipinski definition) is 2. The van der Waals surface area contributed by atoms with Crippen molar-refractivity contribution in [1.29, 1.82) is 0 Å². The summed E-state index contributed by atoms with van der Waals surface area (Å²) in [6, 6.07) is 17.8. The average Bonchev–Trinajstić information content (AvgIpc) is 2.48. The van der Waals surface area contributed by atoms with Crippen molar-refractivity contribution in [2.75, 3.05) is 6.61 Å². The van der Waals surface area contributed by atoms with E-state index in [9.17, 15) is 0 Å². The second-order valence-corrected chi connectivity index (χ2v) is 4.30. The van der Waals surface area contributed by atoms with Gasteiger partial charge in [0.05, 0.1) is 6.61 Å². The van der Waals surface area contributed by atoms with Crippen LogP contribution in [0.1, 0.15) is 18.4 Å². The first-order valence-electron chi connectivity index (χ1n) is 6.57. The largest absolute Gasteiger partial charge is 0.494 e. The highest BCUT2D eigenvalue weighted by molar-refractivity contribution is 5.28. The van der Waals surface area contributed by atoms with Crippen molar-refractivity contribution in [2.45, 2.75) is 19.4 Å². The molecule has 0 amide bonds. The molecule has 0 saturated carbocycles. The topological polar surface area (TPSA) is 18.5 Å². The van der Waals surface area contributed by atoms with E-state index in [4.69, 9.17) is 9.47 Å². The Kier molecular flexibility index (Phi) is 5.30. The van der Waals surface area contributed by atoms with Gasteiger partial charge in [-0.2, -0.15) is 0 Å². The lowest BCUT2D eigenvalue weighted by Gasteiger charge is -2.08. The first-order chi connectivity index (χ1) is 9.38. The molecule has 0 unspecified atom stereocenters. The van der Waals surface area contributed by atoms with Crippen molar-refractivity contribution < 1.29 is 9.47 Å². The van der Waals surface area contributed by atoms with Crippen LogP contribution < -0.4 is 9.47 Å². The van der Waals surface area contributed by atoms with Gasteiger partial charge in [-0.3, -0.25) is 0 Å². The SMILES string of the molecule is [CH2]CCCOc1ccc(COc2ccccc2)cc1. The minimum absolute atomic E-state index is 0.573. The Hall–Kier alpha value is -1.96. The Labute approximate surface area is 115 Å². The van der Waals surface area contributed by atoms with Crippen LogP contribution in [0.2, 0.25) is 0 Å². The van der Waals surface area contributed by atoms with E-state index in [2.05, 4.69) is 6.92 Å². The molecule has 0 bridgehead atoms. The van der Waals surface area contributed by atoms with Crippen LogP contribution >= 0.6 is 0 Å². The fourth-order valence-electron chi connectivity index (χ4n) is 1.66. The summed E-state index contributed by atoms with van der Waals surface area (Å²) >= 11 is 0. The number of ether oxygens (including phenoxy) is 2. The molecule has 0 N–H and O–H groups in total. The molecule has 1 radical (unpaired) electrons. The molecule has 0 atom stereocenters. The summed E-state index contributed by atoms with van der Waals surface area (Å²) in [5, 5.41) is 0. The first-order valence-corrected chi connectivity index (χ1v) is 6.57. The van der Waals surface area contributed by atoms with Gasteiger partial charge in [0.15, 0.2) is 0 Å². The summed E-state index contributed by atoms with van der Waals surface area (Å²) in [5.41, 5.74) is 1.13. The van der Waals surface area contributed by atoms with Crippen molar-refractivity contribution in [1.82, 2.24) is 0 Å². The average molecular weight is 255 g/mol. The Balaban J connectivity index is 1.81. The Morgan fingerprint density at radius 1 is 0.789 bits per heavy atom. The van der Waals surface area contributed by atoms with Crippen LogP contribution in [-0.2, 0) is 6.61 Å². The molecule has 2 aromatic carbocycles. The van der Waals surface area contributed by atoms with E-state index in [1.807, 2.05) is 54.6 Å². The fraction of sp³-hybridized carbons (Fsp3) is 0.235. The molecule has 2 heteroatoms. The van der Waals surface area contributed by atoms with Crippen molar-refractivity contribution >= 4 is 0 Å². The van der Waals surface area contributed by atoms with E-state index in [0.29, 0.717) is 6.61 Å². The molecule has 0 aromatic heterocycles. The molecule has 2 nitrogen and oxygen atoms in total. The van der Waals surface area contributed by atoms with E-state index in [-0.39, 0.29) is 0 Å². The van der Waals surface area contributed by atoms with E-state index in [1.54, 1.807) is 0 Å². The molecule has 0 fully saturated rings. The summed E-state index contributed by atoms with van der Waals surface area (Å²) in [5.74, 6) is 1.79. The van der Waals surface area contributed by atoms with Gasteiger partial charge in [0, 0.05) is 0 Å². The molecule has 99 valence electrons. The highest BCUT2D eigenvalue weighted by Gasteiger charge is 1.97. The number of hydrogen-bond donors (Lipinski definition) is 0. The lowest BCUT2D eigenvalue weighted by Crippen LogP contribution is -1.98. The molecule has 0 aliphatic rings. The van der Waals surface area contributed by atoms with Gasteiger partial charge >= 0.3 is 0 Å². The smallest absolute Gasteiger partial charge is 0.119 e. The predicted octanol–water partition coefficient (Wildman–Crippen LogP) is 4.26.